The van der Waals surface area contributed by atoms with Crippen LogP contribution in [0.5, 0.6) is 0 Å². The minimum Gasteiger partial charge on any atom is -0.467 e. The van der Waals surface area contributed by atoms with Gasteiger partial charge in [-0.25, -0.2) is 4.79 Å². The highest BCUT2D eigenvalue weighted by Gasteiger charge is 2.19. The van der Waals surface area contributed by atoms with Gasteiger partial charge in [0.1, 0.15) is 4.88 Å². The topological polar surface area (TPSA) is 101 Å². The number of ether oxygens (including phenoxy) is 1. The van der Waals surface area contributed by atoms with E-state index in [-0.39, 0.29) is 6.54 Å². The lowest BCUT2D eigenvalue weighted by Crippen LogP contribution is -2.37. The summed E-state index contributed by atoms with van der Waals surface area (Å²) < 4.78 is 7.99. The van der Waals surface area contributed by atoms with Gasteiger partial charge in [-0.1, -0.05) is 11.4 Å². The molecular formula is C9H13N3O4S. The van der Waals surface area contributed by atoms with Crippen LogP contribution in [-0.4, -0.2) is 46.3 Å². The molecule has 2 N–H and O–H groups in total. The van der Waals surface area contributed by atoms with Gasteiger partial charge in [0.2, 0.25) is 0 Å². The fourth-order valence-corrected chi connectivity index (χ4v) is 1.77. The number of aliphatic hydroxyl groups is 1. The summed E-state index contributed by atoms with van der Waals surface area (Å²) in [7, 11) is 1.16. The van der Waals surface area contributed by atoms with Crippen LogP contribution in [-0.2, 0) is 16.0 Å². The first-order valence-corrected chi connectivity index (χ1v) is 5.72. The molecule has 0 aliphatic heterocycles. The number of carbonyl (C=O) groups is 2. The van der Waals surface area contributed by atoms with E-state index in [0.717, 1.165) is 18.6 Å². The van der Waals surface area contributed by atoms with Crippen molar-refractivity contribution in [2.75, 3.05) is 13.7 Å². The first-order chi connectivity index (χ1) is 8.10. The van der Waals surface area contributed by atoms with E-state index in [1.54, 1.807) is 0 Å². The zero-order valence-corrected chi connectivity index (χ0v) is 10.3. The summed E-state index contributed by atoms with van der Waals surface area (Å²) in [5.74, 6) is -1.19. The predicted octanol–water partition coefficient (Wildman–Crippen LogP) is -0.636. The van der Waals surface area contributed by atoms with Gasteiger partial charge in [0, 0.05) is 0 Å². The minimum atomic E-state index is -1.37. The van der Waals surface area contributed by atoms with E-state index >= 15 is 0 Å². The summed E-state index contributed by atoms with van der Waals surface area (Å²) in [5.41, 5.74) is 0.597. The molecule has 1 heterocycles. The van der Waals surface area contributed by atoms with Crippen molar-refractivity contribution in [1.29, 1.82) is 0 Å². The van der Waals surface area contributed by atoms with E-state index in [0.29, 0.717) is 17.0 Å². The molecule has 0 radical (unpaired) electrons. The van der Waals surface area contributed by atoms with Gasteiger partial charge < -0.3 is 15.2 Å². The minimum absolute atomic E-state index is 0.202. The average Bonchev–Trinajstić information content (AvgIpc) is 2.82. The molecule has 1 aromatic rings. The van der Waals surface area contributed by atoms with Gasteiger partial charge in [-0.3, -0.25) is 4.79 Å². The van der Waals surface area contributed by atoms with Gasteiger partial charge in [0.15, 0.2) is 6.10 Å². The Morgan fingerprint density at radius 3 is 2.88 bits per heavy atom. The van der Waals surface area contributed by atoms with Gasteiger partial charge in [-0.15, -0.1) is 5.10 Å². The number of nitrogens with zero attached hydrogens (tertiary/aromatic N) is 2. The molecule has 0 spiro atoms. The maximum Gasteiger partial charge on any atom is 0.336 e. The predicted molar refractivity (Wildman–Crippen MR) is 59.6 cm³/mol. The average molecular weight is 259 g/mol. The van der Waals surface area contributed by atoms with Crippen LogP contribution in [0.4, 0.5) is 0 Å². The molecule has 0 aliphatic rings. The van der Waals surface area contributed by atoms with Crippen molar-refractivity contribution in [3.63, 3.8) is 0 Å². The second kappa shape index (κ2) is 6.26. The van der Waals surface area contributed by atoms with E-state index < -0.39 is 18.0 Å². The molecule has 1 aromatic heterocycles. The Balaban J connectivity index is 2.53. The molecule has 17 heavy (non-hydrogen) atoms. The van der Waals surface area contributed by atoms with Crippen LogP contribution in [0.2, 0.25) is 0 Å². The molecule has 0 saturated carbocycles. The second-order valence-corrected chi connectivity index (χ2v) is 3.91. The lowest BCUT2D eigenvalue weighted by Gasteiger charge is -2.08. The number of aryl methyl sites for hydroxylation is 1. The van der Waals surface area contributed by atoms with E-state index in [2.05, 4.69) is 19.6 Å². The van der Waals surface area contributed by atoms with Crippen LogP contribution in [0.3, 0.4) is 0 Å². The third kappa shape index (κ3) is 3.46. The van der Waals surface area contributed by atoms with Crippen molar-refractivity contribution in [1.82, 2.24) is 14.9 Å². The quantitative estimate of drug-likeness (QED) is 0.682. The van der Waals surface area contributed by atoms with Crippen molar-refractivity contribution in [2.24, 2.45) is 0 Å². The molecule has 0 aromatic carbocycles. The fourth-order valence-electron chi connectivity index (χ4n) is 1.10. The van der Waals surface area contributed by atoms with Gasteiger partial charge in [0.05, 0.1) is 19.3 Å². The Morgan fingerprint density at radius 2 is 2.29 bits per heavy atom. The molecule has 94 valence electrons. The van der Waals surface area contributed by atoms with Gasteiger partial charge in [-0.05, 0) is 18.0 Å². The number of hydrogen-bond donors (Lipinski definition) is 2. The zero-order chi connectivity index (χ0) is 12.8. The zero-order valence-electron chi connectivity index (χ0n) is 9.47. The van der Waals surface area contributed by atoms with E-state index in [4.69, 9.17) is 0 Å². The van der Waals surface area contributed by atoms with Crippen LogP contribution < -0.4 is 5.32 Å². The highest BCUT2D eigenvalue weighted by molar-refractivity contribution is 7.08. The number of esters is 1. The lowest BCUT2D eigenvalue weighted by atomic mass is 10.3. The summed E-state index contributed by atoms with van der Waals surface area (Å²) >= 11 is 0.977. The Hall–Kier alpha value is -1.54. The normalized spacial score (nSPS) is 11.9. The van der Waals surface area contributed by atoms with E-state index in [1.165, 1.54) is 0 Å². The van der Waals surface area contributed by atoms with Crippen molar-refractivity contribution < 1.29 is 19.4 Å². The van der Waals surface area contributed by atoms with E-state index in [9.17, 15) is 14.7 Å². The van der Waals surface area contributed by atoms with Crippen molar-refractivity contribution in [2.45, 2.75) is 19.4 Å². The van der Waals surface area contributed by atoms with Crippen LogP contribution in [0.1, 0.15) is 22.3 Å². The number of carbonyl (C=O) groups excluding carboxylic acids is 2. The number of rotatable bonds is 5. The van der Waals surface area contributed by atoms with Crippen LogP contribution in [0.15, 0.2) is 0 Å². The number of nitrogens with one attached hydrogen (secondary N) is 1. The molecule has 8 heteroatoms. The van der Waals surface area contributed by atoms with Crippen LogP contribution in [0.25, 0.3) is 0 Å². The Kier molecular flexibility index (Phi) is 4.98. The van der Waals surface area contributed by atoms with Crippen LogP contribution >= 0.6 is 11.5 Å². The highest BCUT2D eigenvalue weighted by Crippen LogP contribution is 2.10. The third-order valence-corrected chi connectivity index (χ3v) is 2.79. The summed E-state index contributed by atoms with van der Waals surface area (Å²) in [6.45, 7) is 1.66. The largest absolute Gasteiger partial charge is 0.467 e. The summed E-state index contributed by atoms with van der Waals surface area (Å²) in [5, 5.41) is 15.5. The summed E-state index contributed by atoms with van der Waals surface area (Å²) in [6.07, 6.45) is -0.770. The standard InChI is InChI=1S/C9H13N3O4S/c1-3-5-7(17-12-11-5)8(14)10-4-6(13)9(15)16-2/h6,13H,3-4H2,1-2H3,(H,10,14). The number of aromatic nitrogens is 2. The smallest absolute Gasteiger partial charge is 0.336 e. The number of methoxy groups -OCH3 is 1. The lowest BCUT2D eigenvalue weighted by molar-refractivity contribution is -0.149. The molecule has 0 bridgehead atoms. The Morgan fingerprint density at radius 1 is 1.59 bits per heavy atom. The number of hydrogen-bond acceptors (Lipinski definition) is 7. The van der Waals surface area contributed by atoms with Gasteiger partial charge in [0.25, 0.3) is 5.91 Å². The van der Waals surface area contributed by atoms with Crippen molar-refractivity contribution in [3.8, 4) is 0 Å². The first-order valence-electron chi connectivity index (χ1n) is 4.95. The second-order valence-electron chi connectivity index (χ2n) is 3.15. The van der Waals surface area contributed by atoms with Crippen molar-refractivity contribution >= 4 is 23.4 Å². The van der Waals surface area contributed by atoms with Crippen molar-refractivity contribution in [3.05, 3.63) is 10.6 Å². The van der Waals surface area contributed by atoms with Gasteiger partial charge in [-0.2, -0.15) is 0 Å². The third-order valence-electron chi connectivity index (χ3n) is 2.03. The molecule has 0 fully saturated rings. The molecular weight excluding hydrogens is 246 g/mol. The molecule has 0 saturated heterocycles. The monoisotopic (exact) mass is 259 g/mol. The number of amides is 1. The molecule has 0 aliphatic carbocycles. The Labute approximate surface area is 102 Å². The Bertz CT molecular complexity index is 407. The fraction of sp³-hybridized carbons (Fsp3) is 0.556. The highest BCUT2D eigenvalue weighted by atomic mass is 32.1. The molecule has 1 atom stereocenters. The number of aliphatic hydroxyl groups excluding tert-OH is 1. The summed E-state index contributed by atoms with van der Waals surface area (Å²) in [6, 6.07) is 0. The first kappa shape index (κ1) is 13.5. The maximum absolute atomic E-state index is 11.7. The SMILES string of the molecule is CCc1nnsc1C(=O)NCC(O)C(=O)OC. The molecule has 1 amide bonds. The van der Waals surface area contributed by atoms with Gasteiger partial charge >= 0.3 is 5.97 Å². The maximum atomic E-state index is 11.7. The van der Waals surface area contributed by atoms with Crippen LogP contribution in [0, 0.1) is 0 Å². The molecule has 1 unspecified atom stereocenters. The van der Waals surface area contributed by atoms with E-state index in [1.807, 2.05) is 6.92 Å². The summed E-state index contributed by atoms with van der Waals surface area (Å²) in [4.78, 5) is 22.9. The molecule has 7 nitrogen and oxygen atoms in total. The molecule has 1 rings (SSSR count).